The Morgan fingerprint density at radius 3 is 2.06 bits per heavy atom. The Labute approximate surface area is 275 Å². The molecule has 6 nitrogen and oxygen atoms in total. The van der Waals surface area contributed by atoms with Gasteiger partial charge in [-0.1, -0.05) is 78.9 Å². The lowest BCUT2D eigenvalue weighted by atomic mass is 9.90. The van der Waals surface area contributed by atoms with E-state index in [-0.39, 0.29) is 6.04 Å². The normalized spacial score (nSPS) is 14.5. The monoisotopic (exact) mass is 617 g/mol. The predicted octanol–water partition coefficient (Wildman–Crippen LogP) is 8.70. The molecule has 1 aliphatic heterocycles. The molecule has 6 heteroatoms. The number of nitrogens with one attached hydrogen (secondary N) is 1. The molecule has 3 heterocycles. The second-order valence-electron chi connectivity index (χ2n) is 12.6. The maximum absolute atomic E-state index is 6.68. The Morgan fingerprint density at radius 2 is 1.30 bits per heavy atom. The number of piperidine rings is 1. The summed E-state index contributed by atoms with van der Waals surface area (Å²) in [6.45, 7) is 5.55. The molecule has 0 aliphatic carbocycles. The fourth-order valence-corrected chi connectivity index (χ4v) is 7.12. The van der Waals surface area contributed by atoms with E-state index in [9.17, 15) is 0 Å². The van der Waals surface area contributed by atoms with E-state index in [0.29, 0.717) is 12.5 Å². The van der Waals surface area contributed by atoms with Crippen LogP contribution >= 0.6 is 0 Å². The van der Waals surface area contributed by atoms with Crippen molar-refractivity contribution in [2.24, 2.45) is 5.92 Å². The molecule has 1 saturated heterocycles. The van der Waals surface area contributed by atoms with Crippen LogP contribution in [0.4, 0.5) is 0 Å². The van der Waals surface area contributed by atoms with E-state index in [1.54, 1.807) is 0 Å². The van der Waals surface area contributed by atoms with E-state index < -0.39 is 0 Å². The third-order valence-electron chi connectivity index (χ3n) is 9.66. The highest BCUT2D eigenvalue weighted by Gasteiger charge is 2.30. The lowest BCUT2D eigenvalue weighted by Crippen LogP contribution is -2.35. The molecular weight excluding hydrogens is 578 g/mol. The fraction of sp³-hybridized carbons (Fsp3) is 0.220. The minimum Gasteiger partial charge on any atom is -0.491 e. The summed E-state index contributed by atoms with van der Waals surface area (Å²) < 4.78 is 11.5. The average Bonchev–Trinajstić information content (AvgIpc) is 3.69. The number of hydrogen-bond donors (Lipinski definition) is 1. The van der Waals surface area contributed by atoms with Gasteiger partial charge in [-0.2, -0.15) is 0 Å². The Morgan fingerprint density at radius 1 is 0.681 bits per heavy atom. The standard InChI is InChI=1S/C41H39N5O/c1-29-11-5-6-14-33(29)27-45-37-17-9-7-15-35(37)43-40(45)32-19-21-34(22-20-32)47-28-39(30-23-25-42-26-24-30)46-38-18-10-8-16-36(38)44-41(46)31-12-3-2-4-13-31/h2-22,30,39,42H,23-28H2,1H3. The number of fused-ring (bicyclic) bond motifs is 2. The van der Waals surface area contributed by atoms with Gasteiger partial charge in [-0.15, -0.1) is 0 Å². The van der Waals surface area contributed by atoms with Crippen LogP contribution in [-0.2, 0) is 6.54 Å². The van der Waals surface area contributed by atoms with Gasteiger partial charge in [0.05, 0.1) is 28.1 Å². The van der Waals surface area contributed by atoms with Gasteiger partial charge in [0, 0.05) is 17.7 Å². The Bertz CT molecular complexity index is 2120. The Kier molecular flexibility index (Phi) is 8.02. The van der Waals surface area contributed by atoms with Gasteiger partial charge in [0.2, 0.25) is 0 Å². The van der Waals surface area contributed by atoms with Gasteiger partial charge in [0.1, 0.15) is 24.0 Å². The van der Waals surface area contributed by atoms with E-state index in [2.05, 4.69) is 149 Å². The summed E-state index contributed by atoms with van der Waals surface area (Å²) in [4.78, 5) is 10.2. The summed E-state index contributed by atoms with van der Waals surface area (Å²) >= 11 is 0. The summed E-state index contributed by atoms with van der Waals surface area (Å²) in [5, 5.41) is 3.55. The minimum atomic E-state index is 0.137. The van der Waals surface area contributed by atoms with Crippen LogP contribution in [0.2, 0.25) is 0 Å². The number of rotatable bonds is 9. The van der Waals surface area contributed by atoms with E-state index in [1.165, 1.54) is 11.1 Å². The van der Waals surface area contributed by atoms with E-state index in [1.807, 2.05) is 0 Å². The van der Waals surface area contributed by atoms with E-state index in [4.69, 9.17) is 14.7 Å². The molecule has 1 N–H and O–H groups in total. The number of aromatic nitrogens is 4. The first kappa shape index (κ1) is 29.2. The smallest absolute Gasteiger partial charge is 0.141 e. The number of imidazole rings is 2. The quantitative estimate of drug-likeness (QED) is 0.176. The molecule has 1 aliphatic rings. The van der Waals surface area contributed by atoms with Crippen LogP contribution in [-0.4, -0.2) is 38.8 Å². The highest BCUT2D eigenvalue weighted by Crippen LogP contribution is 2.36. The van der Waals surface area contributed by atoms with Crippen molar-refractivity contribution in [1.82, 2.24) is 24.4 Å². The summed E-state index contributed by atoms with van der Waals surface area (Å²) in [6, 6.07) is 44.6. The SMILES string of the molecule is Cc1ccccc1Cn1c(-c2ccc(OCC(C3CCNCC3)n3c(-c4ccccc4)nc4ccccc43)cc2)nc2ccccc21. The van der Waals surface area contributed by atoms with Crippen molar-refractivity contribution in [3.05, 3.63) is 139 Å². The second kappa shape index (κ2) is 12.9. The maximum Gasteiger partial charge on any atom is 0.141 e. The first-order chi connectivity index (χ1) is 23.2. The fourth-order valence-electron chi connectivity index (χ4n) is 7.12. The molecule has 0 saturated carbocycles. The van der Waals surface area contributed by atoms with Gasteiger partial charge in [-0.05, 0) is 98.4 Å². The number of nitrogens with zero attached hydrogens (tertiary/aromatic N) is 4. The Balaban J connectivity index is 1.11. The topological polar surface area (TPSA) is 56.9 Å². The zero-order valence-corrected chi connectivity index (χ0v) is 26.7. The summed E-state index contributed by atoms with van der Waals surface area (Å²) in [7, 11) is 0. The molecule has 0 bridgehead atoms. The molecule has 234 valence electrons. The van der Waals surface area contributed by atoms with Gasteiger partial charge in [0.15, 0.2) is 0 Å². The molecule has 1 atom stereocenters. The van der Waals surface area contributed by atoms with E-state index >= 15 is 0 Å². The highest BCUT2D eigenvalue weighted by atomic mass is 16.5. The number of aryl methyl sites for hydroxylation is 1. The Hall–Kier alpha value is -5.20. The number of benzene rings is 5. The molecule has 8 rings (SSSR count). The van der Waals surface area contributed by atoms with Gasteiger partial charge >= 0.3 is 0 Å². The van der Waals surface area contributed by atoms with Gasteiger partial charge < -0.3 is 19.2 Å². The average molecular weight is 618 g/mol. The molecule has 5 aromatic carbocycles. The zero-order valence-electron chi connectivity index (χ0n) is 26.7. The third kappa shape index (κ3) is 5.81. The first-order valence-electron chi connectivity index (χ1n) is 16.7. The predicted molar refractivity (Wildman–Crippen MR) is 191 cm³/mol. The van der Waals surface area contributed by atoms with E-state index in [0.717, 1.165) is 83.1 Å². The first-order valence-corrected chi connectivity index (χ1v) is 16.7. The second-order valence-corrected chi connectivity index (χ2v) is 12.6. The molecule has 1 fully saturated rings. The van der Waals surface area contributed by atoms with Gasteiger partial charge in [-0.3, -0.25) is 0 Å². The lowest BCUT2D eigenvalue weighted by Gasteiger charge is -2.33. The van der Waals surface area contributed by atoms with Crippen molar-refractivity contribution in [2.45, 2.75) is 32.4 Å². The van der Waals surface area contributed by atoms with Crippen molar-refractivity contribution >= 4 is 22.1 Å². The van der Waals surface area contributed by atoms with Gasteiger partial charge in [0.25, 0.3) is 0 Å². The van der Waals surface area contributed by atoms with Crippen LogP contribution < -0.4 is 10.1 Å². The van der Waals surface area contributed by atoms with Gasteiger partial charge in [-0.25, -0.2) is 9.97 Å². The van der Waals surface area contributed by atoms with Crippen LogP contribution in [0.25, 0.3) is 44.8 Å². The summed E-state index contributed by atoms with van der Waals surface area (Å²) in [6.07, 6.45) is 2.20. The van der Waals surface area contributed by atoms with Crippen molar-refractivity contribution in [3.63, 3.8) is 0 Å². The van der Waals surface area contributed by atoms with Crippen LogP contribution in [0.3, 0.4) is 0 Å². The van der Waals surface area contributed by atoms with Crippen molar-refractivity contribution in [1.29, 1.82) is 0 Å². The molecule has 47 heavy (non-hydrogen) atoms. The van der Waals surface area contributed by atoms with Crippen molar-refractivity contribution in [2.75, 3.05) is 19.7 Å². The summed E-state index contributed by atoms with van der Waals surface area (Å²) in [5.41, 5.74) is 9.09. The van der Waals surface area contributed by atoms with Crippen LogP contribution in [0.1, 0.15) is 30.0 Å². The minimum absolute atomic E-state index is 0.137. The molecule has 2 aromatic heterocycles. The molecule has 0 amide bonds. The maximum atomic E-state index is 6.68. The molecule has 0 radical (unpaired) electrons. The highest BCUT2D eigenvalue weighted by molar-refractivity contribution is 5.82. The molecule has 7 aromatic rings. The number of hydrogen-bond acceptors (Lipinski definition) is 4. The molecular formula is C41H39N5O. The summed E-state index contributed by atoms with van der Waals surface area (Å²) in [5.74, 6) is 3.30. The lowest BCUT2D eigenvalue weighted by molar-refractivity contribution is 0.175. The zero-order chi connectivity index (χ0) is 31.6. The molecule has 0 spiro atoms. The largest absolute Gasteiger partial charge is 0.491 e. The van der Waals surface area contributed by atoms with Crippen LogP contribution in [0, 0.1) is 12.8 Å². The molecule has 1 unspecified atom stereocenters. The van der Waals surface area contributed by atoms with Crippen LogP contribution in [0.15, 0.2) is 127 Å². The number of para-hydroxylation sites is 4. The van der Waals surface area contributed by atoms with Crippen molar-refractivity contribution < 1.29 is 4.74 Å². The number of ether oxygens (including phenoxy) is 1. The van der Waals surface area contributed by atoms with Crippen molar-refractivity contribution in [3.8, 4) is 28.5 Å². The van der Waals surface area contributed by atoms with Crippen LogP contribution in [0.5, 0.6) is 5.75 Å². The third-order valence-corrected chi connectivity index (χ3v) is 9.66.